The Hall–Kier alpha value is -1.41. The van der Waals surface area contributed by atoms with Gasteiger partial charge in [-0.25, -0.2) is 9.36 Å². The average molecular weight is 318 g/mol. The number of aromatic amines is 1. The Bertz CT molecular complexity index is 559. The van der Waals surface area contributed by atoms with Crippen LogP contribution in [0.3, 0.4) is 0 Å². The molecular weight excluding hydrogens is 306 g/mol. The van der Waals surface area contributed by atoms with Crippen LogP contribution in [0.5, 0.6) is 0 Å². The SMILES string of the molecule is O=C(Cn1c(=O)[nH]cc(Br)c1=O)N1CCOCC1. The highest BCUT2D eigenvalue weighted by atomic mass is 79.9. The van der Waals surface area contributed by atoms with Gasteiger partial charge in [-0.2, -0.15) is 0 Å². The molecule has 0 saturated carbocycles. The fourth-order valence-corrected chi connectivity index (χ4v) is 2.01. The number of H-pyrrole nitrogens is 1. The van der Waals surface area contributed by atoms with E-state index in [1.807, 2.05) is 0 Å². The summed E-state index contributed by atoms with van der Waals surface area (Å²) in [6.45, 7) is 1.68. The smallest absolute Gasteiger partial charge is 0.328 e. The van der Waals surface area contributed by atoms with E-state index in [1.54, 1.807) is 4.90 Å². The van der Waals surface area contributed by atoms with Gasteiger partial charge in [0.25, 0.3) is 5.56 Å². The first kappa shape index (κ1) is 13.0. The van der Waals surface area contributed by atoms with E-state index in [1.165, 1.54) is 6.20 Å². The molecule has 1 N–H and O–H groups in total. The number of rotatable bonds is 2. The van der Waals surface area contributed by atoms with Crippen molar-refractivity contribution in [1.82, 2.24) is 14.5 Å². The van der Waals surface area contributed by atoms with Gasteiger partial charge in [0.05, 0.1) is 17.7 Å². The molecule has 0 aromatic carbocycles. The normalized spacial score (nSPS) is 15.7. The second kappa shape index (κ2) is 5.49. The standard InChI is InChI=1S/C10H12BrN3O4/c11-7-5-12-10(17)14(9(7)16)6-8(15)13-1-3-18-4-2-13/h5H,1-4,6H2,(H,12,17). The van der Waals surface area contributed by atoms with Gasteiger partial charge >= 0.3 is 5.69 Å². The van der Waals surface area contributed by atoms with E-state index in [0.29, 0.717) is 26.3 Å². The predicted molar refractivity (Wildman–Crippen MR) is 66.4 cm³/mol. The number of morpholine rings is 1. The molecule has 1 aromatic heterocycles. The molecule has 7 nitrogen and oxygen atoms in total. The lowest BCUT2D eigenvalue weighted by atomic mass is 10.4. The maximum absolute atomic E-state index is 11.9. The van der Waals surface area contributed by atoms with Crippen molar-refractivity contribution in [1.29, 1.82) is 0 Å². The van der Waals surface area contributed by atoms with Gasteiger partial charge in [-0.1, -0.05) is 0 Å². The van der Waals surface area contributed by atoms with Crippen LogP contribution in [0.25, 0.3) is 0 Å². The number of hydrogen-bond donors (Lipinski definition) is 1. The van der Waals surface area contributed by atoms with Crippen LogP contribution < -0.4 is 11.2 Å². The van der Waals surface area contributed by atoms with E-state index in [9.17, 15) is 14.4 Å². The van der Waals surface area contributed by atoms with Crippen molar-refractivity contribution in [2.75, 3.05) is 26.3 Å². The Morgan fingerprint density at radius 3 is 2.72 bits per heavy atom. The van der Waals surface area contributed by atoms with Crippen molar-refractivity contribution in [3.05, 3.63) is 31.5 Å². The minimum atomic E-state index is -0.593. The third kappa shape index (κ3) is 2.70. The molecule has 1 amide bonds. The number of halogens is 1. The molecule has 2 rings (SSSR count). The molecule has 98 valence electrons. The average Bonchev–Trinajstić information content (AvgIpc) is 2.40. The Morgan fingerprint density at radius 1 is 1.39 bits per heavy atom. The molecule has 1 fully saturated rings. The zero-order valence-corrected chi connectivity index (χ0v) is 11.1. The highest BCUT2D eigenvalue weighted by Crippen LogP contribution is 2.00. The van der Waals surface area contributed by atoms with Gasteiger partial charge in [0.1, 0.15) is 6.54 Å². The number of nitrogens with one attached hydrogen (secondary N) is 1. The molecule has 0 bridgehead atoms. The summed E-state index contributed by atoms with van der Waals surface area (Å²) in [6, 6.07) is 0. The highest BCUT2D eigenvalue weighted by Gasteiger charge is 2.18. The van der Waals surface area contributed by atoms with Crippen LogP contribution in [0.15, 0.2) is 20.3 Å². The molecule has 8 heteroatoms. The molecule has 2 heterocycles. The Labute approximate surface area is 110 Å². The van der Waals surface area contributed by atoms with E-state index in [-0.39, 0.29) is 16.9 Å². The third-order valence-corrected chi connectivity index (χ3v) is 3.24. The van der Waals surface area contributed by atoms with Crippen LogP contribution in [0.1, 0.15) is 0 Å². The summed E-state index contributed by atoms with van der Waals surface area (Å²) in [5, 5.41) is 0. The van der Waals surface area contributed by atoms with Gasteiger partial charge in [0.15, 0.2) is 0 Å². The monoisotopic (exact) mass is 317 g/mol. The summed E-state index contributed by atoms with van der Waals surface area (Å²) in [4.78, 5) is 39.1. The minimum absolute atomic E-state index is 0.219. The van der Waals surface area contributed by atoms with Crippen molar-refractivity contribution in [2.45, 2.75) is 6.54 Å². The van der Waals surface area contributed by atoms with E-state index >= 15 is 0 Å². The van der Waals surface area contributed by atoms with Crippen molar-refractivity contribution in [3.8, 4) is 0 Å². The van der Waals surface area contributed by atoms with Gasteiger partial charge in [0, 0.05) is 19.3 Å². The quantitative estimate of drug-likeness (QED) is 0.770. The van der Waals surface area contributed by atoms with Crippen LogP contribution in [-0.2, 0) is 16.1 Å². The maximum atomic E-state index is 11.9. The number of amides is 1. The molecule has 1 aromatic rings. The third-order valence-electron chi connectivity index (χ3n) is 2.67. The summed E-state index contributed by atoms with van der Waals surface area (Å²) in [5.74, 6) is -0.260. The highest BCUT2D eigenvalue weighted by molar-refractivity contribution is 9.10. The lowest BCUT2D eigenvalue weighted by Crippen LogP contribution is -2.46. The molecule has 0 unspecified atom stereocenters. The van der Waals surface area contributed by atoms with Crippen molar-refractivity contribution < 1.29 is 9.53 Å². The van der Waals surface area contributed by atoms with Crippen molar-refractivity contribution in [2.24, 2.45) is 0 Å². The number of nitrogens with zero attached hydrogens (tertiary/aromatic N) is 2. The van der Waals surface area contributed by atoms with E-state index in [0.717, 1.165) is 4.57 Å². The summed E-state index contributed by atoms with van der Waals surface area (Å²) in [6.07, 6.45) is 1.26. The molecule has 18 heavy (non-hydrogen) atoms. The summed E-state index contributed by atoms with van der Waals surface area (Å²) >= 11 is 3.02. The first-order valence-corrected chi connectivity index (χ1v) is 6.22. The van der Waals surface area contributed by atoms with Crippen LogP contribution in [0.2, 0.25) is 0 Å². The fourth-order valence-electron chi connectivity index (χ4n) is 1.68. The molecule has 0 atom stereocenters. The fraction of sp³-hybridized carbons (Fsp3) is 0.500. The number of carbonyl (C=O) groups is 1. The van der Waals surface area contributed by atoms with Crippen molar-refractivity contribution >= 4 is 21.8 Å². The second-order valence-electron chi connectivity index (χ2n) is 3.83. The molecule has 0 spiro atoms. The van der Waals surface area contributed by atoms with Gasteiger partial charge in [-0.3, -0.25) is 9.59 Å². The van der Waals surface area contributed by atoms with Crippen LogP contribution in [0.4, 0.5) is 0 Å². The van der Waals surface area contributed by atoms with Gasteiger partial charge < -0.3 is 14.6 Å². The Kier molecular flexibility index (Phi) is 3.97. The number of carbonyl (C=O) groups excluding carboxylic acids is 1. The summed E-state index contributed by atoms with van der Waals surface area (Å²) in [7, 11) is 0. The Morgan fingerprint density at radius 2 is 2.06 bits per heavy atom. The van der Waals surface area contributed by atoms with Gasteiger partial charge in [-0.05, 0) is 15.9 Å². The molecule has 0 radical (unpaired) electrons. The molecule has 0 aliphatic carbocycles. The predicted octanol–water partition coefficient (Wildman–Crippen LogP) is -0.842. The lowest BCUT2D eigenvalue weighted by Gasteiger charge is -2.26. The van der Waals surface area contributed by atoms with E-state index < -0.39 is 11.2 Å². The molecule has 1 saturated heterocycles. The lowest BCUT2D eigenvalue weighted by molar-refractivity contribution is -0.136. The second-order valence-corrected chi connectivity index (χ2v) is 4.68. The number of ether oxygens (including phenoxy) is 1. The van der Waals surface area contributed by atoms with Gasteiger partial charge in [0.2, 0.25) is 5.91 Å². The van der Waals surface area contributed by atoms with Gasteiger partial charge in [-0.15, -0.1) is 0 Å². The number of hydrogen-bond acceptors (Lipinski definition) is 4. The first-order valence-electron chi connectivity index (χ1n) is 5.43. The zero-order valence-electron chi connectivity index (χ0n) is 9.52. The molecule has 1 aliphatic heterocycles. The molecular formula is C10H12BrN3O4. The van der Waals surface area contributed by atoms with Crippen LogP contribution in [-0.4, -0.2) is 46.7 Å². The Balaban J connectivity index is 2.19. The zero-order chi connectivity index (χ0) is 13.1. The largest absolute Gasteiger partial charge is 0.378 e. The summed E-state index contributed by atoms with van der Waals surface area (Å²) in [5.41, 5.74) is -1.11. The van der Waals surface area contributed by atoms with E-state index in [4.69, 9.17) is 4.74 Å². The molecule has 1 aliphatic rings. The van der Waals surface area contributed by atoms with Crippen molar-refractivity contribution in [3.63, 3.8) is 0 Å². The van der Waals surface area contributed by atoms with Crippen LogP contribution in [0, 0.1) is 0 Å². The minimum Gasteiger partial charge on any atom is -0.378 e. The maximum Gasteiger partial charge on any atom is 0.328 e. The van der Waals surface area contributed by atoms with E-state index in [2.05, 4.69) is 20.9 Å². The first-order chi connectivity index (χ1) is 8.59. The van der Waals surface area contributed by atoms with Crippen LogP contribution >= 0.6 is 15.9 Å². The topological polar surface area (TPSA) is 84.4 Å². The summed E-state index contributed by atoms with van der Waals surface area (Å²) < 4.78 is 6.23. The number of aromatic nitrogens is 2.